The number of anilines is 1. The van der Waals surface area contributed by atoms with Gasteiger partial charge in [0.2, 0.25) is 0 Å². The predicted molar refractivity (Wildman–Crippen MR) is 57.1 cm³/mol. The number of halogens is 1. The maximum absolute atomic E-state index is 13.1. The zero-order valence-corrected chi connectivity index (χ0v) is 7.81. The Morgan fingerprint density at radius 3 is 3.00 bits per heavy atom. The summed E-state index contributed by atoms with van der Waals surface area (Å²) in [5.74, 6) is -0.345. The summed E-state index contributed by atoms with van der Waals surface area (Å²) in [5, 5.41) is 0. The third-order valence-corrected chi connectivity index (χ3v) is 2.46. The van der Waals surface area contributed by atoms with Crippen molar-refractivity contribution in [2.24, 2.45) is 0 Å². The molecule has 3 heterocycles. The molecule has 3 nitrogen and oxygen atoms in total. The molecule has 0 aliphatic rings. The molecule has 0 aliphatic carbocycles. The van der Waals surface area contributed by atoms with Crippen LogP contribution in [0.15, 0.2) is 36.7 Å². The van der Waals surface area contributed by atoms with Crippen LogP contribution in [0.3, 0.4) is 0 Å². The minimum Gasteiger partial charge on any atom is -0.397 e. The first-order valence-electron chi connectivity index (χ1n) is 4.56. The van der Waals surface area contributed by atoms with Crippen molar-refractivity contribution in [2.45, 2.75) is 0 Å². The summed E-state index contributed by atoms with van der Waals surface area (Å²) < 4.78 is 14.9. The lowest BCUT2D eigenvalue weighted by Gasteiger charge is -2.04. The van der Waals surface area contributed by atoms with Crippen molar-refractivity contribution in [3.05, 3.63) is 42.5 Å². The van der Waals surface area contributed by atoms with E-state index in [9.17, 15) is 4.39 Å². The van der Waals surface area contributed by atoms with E-state index in [0.717, 1.165) is 11.0 Å². The standard InChI is InChI=1S/C11H8FN3/c12-7-4-11-9(14-6-7)5-8(13)10-2-1-3-15(10)11/h1-6H,13H2. The molecule has 0 saturated carbocycles. The molecule has 0 aromatic carbocycles. The second kappa shape index (κ2) is 2.70. The molecule has 0 bridgehead atoms. The highest BCUT2D eigenvalue weighted by Crippen LogP contribution is 2.22. The first-order chi connectivity index (χ1) is 7.25. The van der Waals surface area contributed by atoms with E-state index in [1.807, 2.05) is 22.7 Å². The first kappa shape index (κ1) is 8.23. The van der Waals surface area contributed by atoms with Crippen LogP contribution in [0.25, 0.3) is 16.6 Å². The van der Waals surface area contributed by atoms with Gasteiger partial charge in [-0.25, -0.2) is 4.39 Å². The van der Waals surface area contributed by atoms with Crippen LogP contribution in [-0.4, -0.2) is 9.38 Å². The van der Waals surface area contributed by atoms with E-state index in [1.54, 1.807) is 6.07 Å². The maximum Gasteiger partial charge on any atom is 0.143 e. The van der Waals surface area contributed by atoms with Gasteiger partial charge in [-0.1, -0.05) is 0 Å². The van der Waals surface area contributed by atoms with Crippen LogP contribution in [0.4, 0.5) is 10.1 Å². The quantitative estimate of drug-likeness (QED) is 0.606. The van der Waals surface area contributed by atoms with Gasteiger partial charge in [-0.15, -0.1) is 0 Å². The maximum atomic E-state index is 13.1. The fourth-order valence-corrected chi connectivity index (χ4v) is 1.79. The predicted octanol–water partition coefficient (Wildman–Crippen LogP) is 2.21. The molecule has 0 aliphatic heterocycles. The number of fused-ring (bicyclic) bond motifs is 3. The monoisotopic (exact) mass is 201 g/mol. The molecule has 0 spiro atoms. The summed E-state index contributed by atoms with van der Waals surface area (Å²) in [7, 11) is 0. The molecule has 74 valence electrons. The van der Waals surface area contributed by atoms with E-state index in [2.05, 4.69) is 4.98 Å². The highest BCUT2D eigenvalue weighted by atomic mass is 19.1. The average Bonchev–Trinajstić information content (AvgIpc) is 2.69. The molecule has 0 fully saturated rings. The van der Waals surface area contributed by atoms with E-state index >= 15 is 0 Å². The number of hydrogen-bond donors (Lipinski definition) is 1. The minimum atomic E-state index is -0.345. The van der Waals surface area contributed by atoms with E-state index < -0.39 is 0 Å². The van der Waals surface area contributed by atoms with Crippen molar-refractivity contribution in [3.63, 3.8) is 0 Å². The number of nitrogen functional groups attached to an aromatic ring is 1. The SMILES string of the molecule is Nc1cc2ncc(F)cc2n2cccc12. The lowest BCUT2D eigenvalue weighted by molar-refractivity contribution is 0.623. The molecule has 0 amide bonds. The molecule has 3 rings (SSSR count). The smallest absolute Gasteiger partial charge is 0.143 e. The minimum absolute atomic E-state index is 0.345. The van der Waals surface area contributed by atoms with Crippen LogP contribution in [0.2, 0.25) is 0 Å². The number of rotatable bonds is 0. The van der Waals surface area contributed by atoms with Crippen LogP contribution in [-0.2, 0) is 0 Å². The topological polar surface area (TPSA) is 43.3 Å². The third-order valence-electron chi connectivity index (χ3n) is 2.46. The second-order valence-corrected chi connectivity index (χ2v) is 3.42. The number of pyridine rings is 2. The van der Waals surface area contributed by atoms with E-state index in [1.165, 1.54) is 12.3 Å². The van der Waals surface area contributed by atoms with Crippen molar-refractivity contribution in [1.29, 1.82) is 0 Å². The van der Waals surface area contributed by atoms with Gasteiger partial charge >= 0.3 is 0 Å². The van der Waals surface area contributed by atoms with Gasteiger partial charge in [-0.05, 0) is 18.2 Å². The number of nitrogens with zero attached hydrogens (tertiary/aromatic N) is 2. The van der Waals surface area contributed by atoms with Crippen molar-refractivity contribution in [1.82, 2.24) is 9.38 Å². The summed E-state index contributed by atoms with van der Waals surface area (Å²) in [6.07, 6.45) is 3.03. The lowest BCUT2D eigenvalue weighted by atomic mass is 10.2. The molecular weight excluding hydrogens is 193 g/mol. The Bertz CT molecular complexity index is 657. The number of nitrogens with two attached hydrogens (primary N) is 1. The summed E-state index contributed by atoms with van der Waals surface area (Å²) in [5.41, 5.74) is 8.78. The normalized spacial score (nSPS) is 11.3. The van der Waals surface area contributed by atoms with E-state index in [0.29, 0.717) is 11.2 Å². The molecule has 0 radical (unpaired) electrons. The van der Waals surface area contributed by atoms with Crippen molar-refractivity contribution >= 4 is 22.2 Å². The van der Waals surface area contributed by atoms with Gasteiger partial charge < -0.3 is 10.1 Å². The van der Waals surface area contributed by atoms with Gasteiger partial charge in [0.25, 0.3) is 0 Å². The molecular formula is C11H8FN3. The molecule has 0 atom stereocenters. The second-order valence-electron chi connectivity index (χ2n) is 3.42. The van der Waals surface area contributed by atoms with Gasteiger partial charge in [0.05, 0.1) is 28.4 Å². The van der Waals surface area contributed by atoms with Gasteiger partial charge in [-0.2, -0.15) is 0 Å². The molecule has 0 unspecified atom stereocenters. The summed E-state index contributed by atoms with van der Waals surface area (Å²) in [6.45, 7) is 0. The highest BCUT2D eigenvalue weighted by Gasteiger charge is 2.05. The summed E-state index contributed by atoms with van der Waals surface area (Å²) in [6, 6.07) is 6.97. The van der Waals surface area contributed by atoms with Crippen LogP contribution >= 0.6 is 0 Å². The Morgan fingerprint density at radius 1 is 1.27 bits per heavy atom. The van der Waals surface area contributed by atoms with Gasteiger partial charge in [0.15, 0.2) is 0 Å². The largest absolute Gasteiger partial charge is 0.397 e. The molecule has 15 heavy (non-hydrogen) atoms. The number of aromatic nitrogens is 2. The van der Waals surface area contributed by atoms with Gasteiger partial charge in [-0.3, -0.25) is 4.98 Å². The summed E-state index contributed by atoms with van der Waals surface area (Å²) >= 11 is 0. The third kappa shape index (κ3) is 1.08. The van der Waals surface area contributed by atoms with Crippen LogP contribution in [0.5, 0.6) is 0 Å². The molecule has 4 heteroatoms. The fourth-order valence-electron chi connectivity index (χ4n) is 1.79. The van der Waals surface area contributed by atoms with E-state index in [-0.39, 0.29) is 5.82 Å². The first-order valence-corrected chi connectivity index (χ1v) is 4.56. The Labute approximate surface area is 85.0 Å². The van der Waals surface area contributed by atoms with Crippen molar-refractivity contribution < 1.29 is 4.39 Å². The Balaban J connectivity index is 2.61. The Kier molecular flexibility index (Phi) is 1.48. The van der Waals surface area contributed by atoms with Crippen molar-refractivity contribution in [3.8, 4) is 0 Å². The molecule has 2 N–H and O–H groups in total. The van der Waals surface area contributed by atoms with Gasteiger partial charge in [0, 0.05) is 12.3 Å². The lowest BCUT2D eigenvalue weighted by Crippen LogP contribution is -1.95. The summed E-state index contributed by atoms with van der Waals surface area (Å²) in [4.78, 5) is 4.00. The van der Waals surface area contributed by atoms with Crippen LogP contribution < -0.4 is 5.73 Å². The van der Waals surface area contributed by atoms with Crippen LogP contribution in [0, 0.1) is 5.82 Å². The zero-order valence-electron chi connectivity index (χ0n) is 7.81. The zero-order chi connectivity index (χ0) is 10.4. The van der Waals surface area contributed by atoms with Crippen molar-refractivity contribution in [2.75, 3.05) is 5.73 Å². The average molecular weight is 201 g/mol. The number of hydrogen-bond acceptors (Lipinski definition) is 2. The van der Waals surface area contributed by atoms with Crippen LogP contribution in [0.1, 0.15) is 0 Å². The molecule has 3 aromatic rings. The van der Waals surface area contributed by atoms with Gasteiger partial charge in [0.1, 0.15) is 5.82 Å². The Morgan fingerprint density at radius 2 is 2.13 bits per heavy atom. The molecule has 3 aromatic heterocycles. The Hall–Kier alpha value is -2.10. The van der Waals surface area contributed by atoms with E-state index in [4.69, 9.17) is 5.73 Å². The molecule has 0 saturated heterocycles. The fraction of sp³-hybridized carbons (Fsp3) is 0. The highest BCUT2D eigenvalue weighted by molar-refractivity contribution is 5.87.